The number of hydrogen-bond donors (Lipinski definition) is 0. The first-order valence-corrected chi connectivity index (χ1v) is 11.5. The topological polar surface area (TPSA) is 43.4 Å². The van der Waals surface area contributed by atoms with Gasteiger partial charge in [-0.15, -0.1) is 6.42 Å². The van der Waals surface area contributed by atoms with Crippen LogP contribution in [0.3, 0.4) is 0 Å². The van der Waals surface area contributed by atoms with Gasteiger partial charge in [0.2, 0.25) is 0 Å². The van der Waals surface area contributed by atoms with Crippen LogP contribution in [0.2, 0.25) is 0 Å². The van der Waals surface area contributed by atoms with Crippen molar-refractivity contribution >= 4 is 11.8 Å². The van der Waals surface area contributed by atoms with Gasteiger partial charge in [0.05, 0.1) is 0 Å². The minimum absolute atomic E-state index is 0.0238. The monoisotopic (exact) mass is 394 g/mol. The van der Waals surface area contributed by atoms with Crippen LogP contribution >= 0.6 is 0 Å². The van der Waals surface area contributed by atoms with E-state index in [1.165, 1.54) is 12.5 Å². The predicted octanol–water partition coefficient (Wildman–Crippen LogP) is 5.26. The van der Waals surface area contributed by atoms with E-state index in [0.717, 1.165) is 56.9 Å². The zero-order chi connectivity index (χ0) is 20.8. The SMILES string of the molecule is C#CC=C1C[C@H]2[C@@H]3CCC4=CC(=O)C(CCC)C[C@@H]4[C@H]3CC[C@]2(C)[C@H]1OC(C)=O. The number of rotatable bonds is 3. The molecule has 3 heteroatoms. The Kier molecular flexibility index (Phi) is 5.49. The summed E-state index contributed by atoms with van der Waals surface area (Å²) >= 11 is 0. The standard InChI is InChI=1S/C26H34O3/c1-5-7-18-13-22-17(15-24(18)28)9-10-21-20(22)11-12-26(4)23(21)14-19(8-6-2)25(26)29-16(3)27/h2,8,15,18,20-23,25H,5,7,9-14H2,1,3-4H3/t18?,20-,21+,22-,23-,25-,26-/m0/s1. The molecule has 3 saturated carbocycles. The second-order valence-corrected chi connectivity index (χ2v) is 10.0. The molecule has 1 unspecified atom stereocenters. The van der Waals surface area contributed by atoms with Crippen molar-refractivity contribution in [2.24, 2.45) is 35.0 Å². The maximum Gasteiger partial charge on any atom is 0.303 e. The lowest BCUT2D eigenvalue weighted by atomic mass is 9.51. The summed E-state index contributed by atoms with van der Waals surface area (Å²) in [6.45, 7) is 5.99. The van der Waals surface area contributed by atoms with Crippen LogP contribution in [0, 0.1) is 47.3 Å². The Morgan fingerprint density at radius 3 is 2.86 bits per heavy atom. The molecule has 0 aromatic heterocycles. The van der Waals surface area contributed by atoms with Crippen molar-refractivity contribution in [3.05, 3.63) is 23.3 Å². The minimum atomic E-state index is -0.219. The van der Waals surface area contributed by atoms with E-state index in [-0.39, 0.29) is 23.4 Å². The minimum Gasteiger partial charge on any atom is -0.457 e. The first-order chi connectivity index (χ1) is 13.9. The number of hydrogen-bond acceptors (Lipinski definition) is 3. The number of esters is 1. The summed E-state index contributed by atoms with van der Waals surface area (Å²) in [7, 11) is 0. The second kappa shape index (κ2) is 7.78. The van der Waals surface area contributed by atoms with E-state index in [4.69, 9.17) is 11.2 Å². The fourth-order valence-electron chi connectivity index (χ4n) is 7.32. The van der Waals surface area contributed by atoms with Gasteiger partial charge < -0.3 is 4.74 Å². The van der Waals surface area contributed by atoms with Gasteiger partial charge in [0.15, 0.2) is 5.78 Å². The highest BCUT2D eigenvalue weighted by molar-refractivity contribution is 5.93. The highest BCUT2D eigenvalue weighted by Crippen LogP contribution is 2.63. The van der Waals surface area contributed by atoms with Crippen LogP contribution in [0.5, 0.6) is 0 Å². The Morgan fingerprint density at radius 2 is 2.17 bits per heavy atom. The van der Waals surface area contributed by atoms with Crippen LogP contribution in [0.25, 0.3) is 0 Å². The molecule has 0 bridgehead atoms. The molecule has 4 aliphatic carbocycles. The molecule has 3 nitrogen and oxygen atoms in total. The van der Waals surface area contributed by atoms with Gasteiger partial charge in [-0.3, -0.25) is 9.59 Å². The molecule has 3 fully saturated rings. The summed E-state index contributed by atoms with van der Waals surface area (Å²) in [6.07, 6.45) is 17.8. The lowest BCUT2D eigenvalue weighted by Crippen LogP contribution is -2.49. The number of allylic oxidation sites excluding steroid dienone is 2. The molecule has 29 heavy (non-hydrogen) atoms. The fraction of sp³-hybridized carbons (Fsp3) is 0.692. The third kappa shape index (κ3) is 3.39. The molecule has 4 rings (SSSR count). The Hall–Kier alpha value is -1.82. The van der Waals surface area contributed by atoms with E-state index >= 15 is 0 Å². The molecular weight excluding hydrogens is 360 g/mol. The highest BCUT2D eigenvalue weighted by Gasteiger charge is 2.59. The van der Waals surface area contributed by atoms with E-state index in [1.54, 1.807) is 0 Å². The van der Waals surface area contributed by atoms with Gasteiger partial charge in [-0.2, -0.15) is 0 Å². The summed E-state index contributed by atoms with van der Waals surface area (Å²) < 4.78 is 5.84. The lowest BCUT2D eigenvalue weighted by Gasteiger charge is -2.53. The Bertz CT molecular complexity index is 797. The molecule has 0 heterocycles. The first kappa shape index (κ1) is 20.5. The largest absolute Gasteiger partial charge is 0.457 e. The molecule has 7 atom stereocenters. The third-order valence-corrected chi connectivity index (χ3v) is 8.54. The molecule has 0 spiro atoms. The Balaban J connectivity index is 1.63. The number of terminal acetylenes is 1. The van der Waals surface area contributed by atoms with Gasteiger partial charge in [0.25, 0.3) is 0 Å². The van der Waals surface area contributed by atoms with E-state index in [0.29, 0.717) is 29.5 Å². The zero-order valence-corrected chi connectivity index (χ0v) is 18.1. The molecule has 0 aliphatic heterocycles. The molecule has 0 saturated heterocycles. The molecule has 0 amide bonds. The number of ether oxygens (including phenoxy) is 1. The van der Waals surface area contributed by atoms with Crippen molar-refractivity contribution in [1.82, 2.24) is 0 Å². The van der Waals surface area contributed by atoms with Gasteiger partial charge in [-0.1, -0.05) is 31.8 Å². The van der Waals surface area contributed by atoms with Crippen molar-refractivity contribution in [3.63, 3.8) is 0 Å². The van der Waals surface area contributed by atoms with Crippen molar-refractivity contribution in [2.45, 2.75) is 78.2 Å². The number of fused-ring (bicyclic) bond motifs is 5. The summed E-state index contributed by atoms with van der Waals surface area (Å²) in [6, 6.07) is 0. The van der Waals surface area contributed by atoms with Crippen molar-refractivity contribution in [1.29, 1.82) is 0 Å². The van der Waals surface area contributed by atoms with E-state index in [9.17, 15) is 9.59 Å². The molecule has 0 aromatic carbocycles. The average Bonchev–Trinajstić information content (AvgIpc) is 2.94. The zero-order valence-electron chi connectivity index (χ0n) is 18.1. The second-order valence-electron chi connectivity index (χ2n) is 10.0. The van der Waals surface area contributed by atoms with Crippen molar-refractivity contribution < 1.29 is 14.3 Å². The van der Waals surface area contributed by atoms with E-state index in [1.807, 2.05) is 12.2 Å². The molecule has 4 aliphatic rings. The maximum absolute atomic E-state index is 12.5. The predicted molar refractivity (Wildman–Crippen MR) is 114 cm³/mol. The Morgan fingerprint density at radius 1 is 1.38 bits per heavy atom. The van der Waals surface area contributed by atoms with Gasteiger partial charge >= 0.3 is 5.97 Å². The number of ketones is 1. The van der Waals surface area contributed by atoms with Crippen LogP contribution in [-0.4, -0.2) is 17.9 Å². The van der Waals surface area contributed by atoms with Crippen molar-refractivity contribution in [3.8, 4) is 12.3 Å². The van der Waals surface area contributed by atoms with E-state index in [2.05, 4.69) is 19.8 Å². The van der Waals surface area contributed by atoms with Crippen LogP contribution in [0.1, 0.15) is 72.1 Å². The summed E-state index contributed by atoms with van der Waals surface area (Å²) in [4.78, 5) is 24.4. The highest BCUT2D eigenvalue weighted by atomic mass is 16.5. The first-order valence-electron chi connectivity index (χ1n) is 11.5. The van der Waals surface area contributed by atoms with Crippen molar-refractivity contribution in [2.75, 3.05) is 0 Å². The van der Waals surface area contributed by atoms with Crippen LogP contribution in [0.15, 0.2) is 23.3 Å². The summed E-state index contributed by atoms with van der Waals surface area (Å²) in [5.41, 5.74) is 2.52. The average molecular weight is 395 g/mol. The maximum atomic E-state index is 12.5. The van der Waals surface area contributed by atoms with Gasteiger partial charge in [-0.25, -0.2) is 0 Å². The summed E-state index contributed by atoms with van der Waals surface area (Å²) in [5, 5.41) is 0. The van der Waals surface area contributed by atoms with Crippen LogP contribution in [0.4, 0.5) is 0 Å². The van der Waals surface area contributed by atoms with Gasteiger partial charge in [0.1, 0.15) is 6.10 Å². The molecular formula is C26H34O3. The van der Waals surface area contributed by atoms with Gasteiger partial charge in [0, 0.05) is 18.3 Å². The molecule has 0 aromatic rings. The van der Waals surface area contributed by atoms with Crippen LogP contribution < -0.4 is 0 Å². The quantitative estimate of drug-likeness (QED) is 0.485. The normalized spacial score (nSPS) is 42.3. The van der Waals surface area contributed by atoms with E-state index < -0.39 is 0 Å². The van der Waals surface area contributed by atoms with Crippen LogP contribution in [-0.2, 0) is 14.3 Å². The Labute approximate surface area is 175 Å². The smallest absolute Gasteiger partial charge is 0.303 e. The molecule has 0 radical (unpaired) electrons. The third-order valence-electron chi connectivity index (χ3n) is 8.54. The molecule has 0 N–H and O–H groups in total. The summed E-state index contributed by atoms with van der Waals surface area (Å²) in [5.74, 6) is 5.42. The lowest BCUT2D eigenvalue weighted by molar-refractivity contribution is -0.153. The van der Waals surface area contributed by atoms with Gasteiger partial charge in [-0.05, 0) is 86.3 Å². The fourth-order valence-corrected chi connectivity index (χ4v) is 7.32. The number of carbonyl (C=O) groups excluding carboxylic acids is 2. The molecule has 156 valence electrons. The number of carbonyl (C=O) groups is 2.